The minimum absolute atomic E-state index is 0.0628. The summed E-state index contributed by atoms with van der Waals surface area (Å²) in [5.41, 5.74) is 1.22. The van der Waals surface area contributed by atoms with Crippen molar-refractivity contribution in [3.63, 3.8) is 0 Å². The molecule has 1 aliphatic carbocycles. The molecule has 6 nitrogen and oxygen atoms in total. The Morgan fingerprint density at radius 2 is 1.64 bits per heavy atom. The van der Waals surface area contributed by atoms with Gasteiger partial charge in [-0.2, -0.15) is 0 Å². The number of anilines is 2. The summed E-state index contributed by atoms with van der Waals surface area (Å²) in [6.45, 7) is 4.95. The number of esters is 1. The summed E-state index contributed by atoms with van der Waals surface area (Å²) in [5, 5.41) is 5.31. The molecule has 0 radical (unpaired) electrons. The van der Waals surface area contributed by atoms with Crippen LogP contribution in [0.15, 0.2) is 24.3 Å². The fraction of sp³-hybridized carbons (Fsp3) is 0.438. The van der Waals surface area contributed by atoms with Crippen molar-refractivity contribution >= 4 is 29.2 Å². The SMILES string of the molecule is CC(=O)Nc1ccc(NC(=O)[C@@H](C)OC(=O)[C@H]2C[C@@H]2C)cc1. The van der Waals surface area contributed by atoms with E-state index in [0.717, 1.165) is 6.42 Å². The summed E-state index contributed by atoms with van der Waals surface area (Å²) in [6.07, 6.45) is -0.00653. The minimum Gasteiger partial charge on any atom is -0.452 e. The van der Waals surface area contributed by atoms with Crippen LogP contribution in [0.5, 0.6) is 0 Å². The van der Waals surface area contributed by atoms with Crippen LogP contribution in [0, 0.1) is 11.8 Å². The third-order valence-corrected chi connectivity index (χ3v) is 3.55. The highest BCUT2D eigenvalue weighted by Gasteiger charge is 2.41. The molecule has 1 saturated carbocycles. The van der Waals surface area contributed by atoms with Gasteiger partial charge >= 0.3 is 5.97 Å². The number of hydrogen-bond acceptors (Lipinski definition) is 4. The number of ether oxygens (including phenoxy) is 1. The molecule has 6 heteroatoms. The topological polar surface area (TPSA) is 84.5 Å². The number of amides is 2. The normalized spacial score (nSPS) is 20.7. The maximum Gasteiger partial charge on any atom is 0.309 e. The minimum atomic E-state index is -0.838. The summed E-state index contributed by atoms with van der Waals surface area (Å²) >= 11 is 0. The van der Waals surface area contributed by atoms with Crippen LogP contribution in [0.1, 0.15) is 27.2 Å². The maximum atomic E-state index is 12.0. The molecule has 1 aromatic rings. The van der Waals surface area contributed by atoms with E-state index in [1.54, 1.807) is 31.2 Å². The molecule has 22 heavy (non-hydrogen) atoms. The molecule has 2 N–H and O–H groups in total. The fourth-order valence-electron chi connectivity index (χ4n) is 2.05. The van der Waals surface area contributed by atoms with Crippen LogP contribution < -0.4 is 10.6 Å². The lowest BCUT2D eigenvalue weighted by Gasteiger charge is -2.13. The first-order valence-electron chi connectivity index (χ1n) is 7.26. The summed E-state index contributed by atoms with van der Waals surface area (Å²) in [6, 6.07) is 6.69. The van der Waals surface area contributed by atoms with E-state index in [4.69, 9.17) is 4.74 Å². The smallest absolute Gasteiger partial charge is 0.309 e. The molecular formula is C16H20N2O4. The van der Waals surface area contributed by atoms with Gasteiger partial charge in [-0.1, -0.05) is 6.92 Å². The summed E-state index contributed by atoms with van der Waals surface area (Å²) in [7, 11) is 0. The Labute approximate surface area is 129 Å². The van der Waals surface area contributed by atoms with Crippen molar-refractivity contribution in [1.29, 1.82) is 0 Å². The van der Waals surface area contributed by atoms with E-state index >= 15 is 0 Å². The van der Waals surface area contributed by atoms with Crippen LogP contribution in [0.4, 0.5) is 11.4 Å². The molecule has 1 aromatic carbocycles. The fourth-order valence-corrected chi connectivity index (χ4v) is 2.05. The largest absolute Gasteiger partial charge is 0.452 e. The predicted molar refractivity (Wildman–Crippen MR) is 82.2 cm³/mol. The van der Waals surface area contributed by atoms with Gasteiger partial charge in [-0.15, -0.1) is 0 Å². The van der Waals surface area contributed by atoms with Gasteiger partial charge in [-0.25, -0.2) is 0 Å². The van der Waals surface area contributed by atoms with E-state index in [9.17, 15) is 14.4 Å². The number of rotatable bonds is 5. The van der Waals surface area contributed by atoms with Gasteiger partial charge in [0.2, 0.25) is 5.91 Å². The standard InChI is InChI=1S/C16H20N2O4/c1-9-8-14(9)16(21)22-10(2)15(20)18-13-6-4-12(5-7-13)17-11(3)19/h4-7,9-10,14H,8H2,1-3H3,(H,17,19)(H,18,20)/t9-,10+,14-/m0/s1. The van der Waals surface area contributed by atoms with Crippen molar-refractivity contribution in [2.45, 2.75) is 33.3 Å². The van der Waals surface area contributed by atoms with Gasteiger partial charge in [0.15, 0.2) is 6.10 Å². The third-order valence-electron chi connectivity index (χ3n) is 3.55. The second-order valence-electron chi connectivity index (χ2n) is 5.65. The molecule has 1 fully saturated rings. The first-order valence-corrected chi connectivity index (χ1v) is 7.26. The van der Waals surface area contributed by atoms with Gasteiger partial charge < -0.3 is 15.4 Å². The number of benzene rings is 1. The zero-order valence-electron chi connectivity index (χ0n) is 12.9. The number of carbonyl (C=O) groups excluding carboxylic acids is 3. The van der Waals surface area contributed by atoms with Crippen LogP contribution in [0.2, 0.25) is 0 Å². The molecule has 0 aliphatic heterocycles. The Morgan fingerprint density at radius 3 is 2.09 bits per heavy atom. The van der Waals surface area contributed by atoms with Crippen molar-refractivity contribution in [1.82, 2.24) is 0 Å². The quantitative estimate of drug-likeness (QED) is 0.817. The first kappa shape index (κ1) is 16.0. The van der Waals surface area contributed by atoms with Crippen LogP contribution in [0.3, 0.4) is 0 Å². The predicted octanol–water partition coefficient (Wildman–Crippen LogP) is 2.17. The van der Waals surface area contributed by atoms with E-state index in [1.165, 1.54) is 6.92 Å². The average molecular weight is 304 g/mol. The lowest BCUT2D eigenvalue weighted by molar-refractivity contribution is -0.154. The third kappa shape index (κ3) is 4.31. The van der Waals surface area contributed by atoms with Gasteiger partial charge in [0, 0.05) is 18.3 Å². The van der Waals surface area contributed by atoms with Crippen LogP contribution in [-0.4, -0.2) is 23.9 Å². The molecule has 0 bridgehead atoms. The molecule has 1 aliphatic rings. The highest BCUT2D eigenvalue weighted by molar-refractivity contribution is 5.95. The van der Waals surface area contributed by atoms with Crippen molar-refractivity contribution in [2.75, 3.05) is 10.6 Å². The van der Waals surface area contributed by atoms with Crippen LogP contribution in [-0.2, 0) is 19.1 Å². The van der Waals surface area contributed by atoms with E-state index in [1.807, 2.05) is 6.92 Å². The van der Waals surface area contributed by atoms with Crippen molar-refractivity contribution in [2.24, 2.45) is 11.8 Å². The molecule has 0 aromatic heterocycles. The highest BCUT2D eigenvalue weighted by atomic mass is 16.5. The molecule has 0 heterocycles. The van der Waals surface area contributed by atoms with Crippen molar-refractivity contribution in [3.8, 4) is 0 Å². The Balaban J connectivity index is 1.85. The Hall–Kier alpha value is -2.37. The second-order valence-corrected chi connectivity index (χ2v) is 5.65. The van der Waals surface area contributed by atoms with Gasteiger partial charge in [0.05, 0.1) is 5.92 Å². The van der Waals surface area contributed by atoms with Gasteiger partial charge in [0.1, 0.15) is 0 Å². The number of carbonyl (C=O) groups is 3. The lowest BCUT2D eigenvalue weighted by Crippen LogP contribution is -2.30. The second kappa shape index (κ2) is 6.60. The van der Waals surface area contributed by atoms with Crippen molar-refractivity contribution in [3.05, 3.63) is 24.3 Å². The van der Waals surface area contributed by atoms with Crippen LogP contribution >= 0.6 is 0 Å². The van der Waals surface area contributed by atoms with Crippen molar-refractivity contribution < 1.29 is 19.1 Å². The lowest BCUT2D eigenvalue weighted by atomic mass is 10.2. The molecule has 2 amide bonds. The maximum absolute atomic E-state index is 12.0. The number of hydrogen-bond donors (Lipinski definition) is 2. The molecule has 118 valence electrons. The molecule has 0 unspecified atom stereocenters. The average Bonchev–Trinajstić information content (AvgIpc) is 3.17. The van der Waals surface area contributed by atoms with Gasteiger partial charge in [0.25, 0.3) is 5.91 Å². The van der Waals surface area contributed by atoms with E-state index in [2.05, 4.69) is 10.6 Å². The Kier molecular flexibility index (Phi) is 4.80. The van der Waals surface area contributed by atoms with E-state index < -0.39 is 6.10 Å². The Morgan fingerprint density at radius 1 is 1.14 bits per heavy atom. The first-order chi connectivity index (χ1) is 10.4. The van der Waals surface area contributed by atoms with Gasteiger partial charge in [-0.3, -0.25) is 14.4 Å². The monoisotopic (exact) mass is 304 g/mol. The Bertz CT molecular complexity index is 582. The highest BCUT2D eigenvalue weighted by Crippen LogP contribution is 2.38. The van der Waals surface area contributed by atoms with E-state index in [-0.39, 0.29) is 23.7 Å². The van der Waals surface area contributed by atoms with E-state index in [0.29, 0.717) is 17.3 Å². The van der Waals surface area contributed by atoms with Gasteiger partial charge in [-0.05, 0) is 43.5 Å². The molecule has 0 saturated heterocycles. The molecule has 3 atom stereocenters. The molecule has 2 rings (SSSR count). The summed E-state index contributed by atoms with van der Waals surface area (Å²) in [4.78, 5) is 34.6. The summed E-state index contributed by atoms with van der Waals surface area (Å²) in [5.74, 6) is -0.562. The zero-order valence-corrected chi connectivity index (χ0v) is 12.9. The zero-order chi connectivity index (χ0) is 16.3. The molecule has 0 spiro atoms. The molecular weight excluding hydrogens is 284 g/mol. The number of nitrogens with one attached hydrogen (secondary N) is 2. The summed E-state index contributed by atoms with van der Waals surface area (Å²) < 4.78 is 5.15. The van der Waals surface area contributed by atoms with Crippen LogP contribution in [0.25, 0.3) is 0 Å².